The maximum Gasteiger partial charge on any atom is 0.228 e. The minimum atomic E-state index is -0.0414. The lowest BCUT2D eigenvalue weighted by Crippen LogP contribution is -2.45. The average molecular weight is 333 g/mol. The van der Waals surface area contributed by atoms with Crippen LogP contribution in [0.3, 0.4) is 0 Å². The molecule has 3 heterocycles. The minimum Gasteiger partial charge on any atom is -0.381 e. The zero-order valence-electron chi connectivity index (χ0n) is 14.6. The van der Waals surface area contributed by atoms with E-state index in [1.54, 1.807) is 17.4 Å². The van der Waals surface area contributed by atoms with Gasteiger partial charge in [0.05, 0.1) is 5.92 Å². The summed E-state index contributed by atoms with van der Waals surface area (Å²) in [5.74, 6) is 1.05. The van der Waals surface area contributed by atoms with Gasteiger partial charge in [0, 0.05) is 65.7 Å². The molecular formula is C17H27N5O2. The first-order chi connectivity index (χ1) is 11.6. The Kier molecular flexibility index (Phi) is 5.63. The van der Waals surface area contributed by atoms with Crippen LogP contribution in [0.15, 0.2) is 18.6 Å². The van der Waals surface area contributed by atoms with Gasteiger partial charge in [0.2, 0.25) is 5.91 Å². The quantitative estimate of drug-likeness (QED) is 0.802. The second-order valence-electron chi connectivity index (χ2n) is 6.78. The van der Waals surface area contributed by atoms with E-state index in [2.05, 4.69) is 19.8 Å². The van der Waals surface area contributed by atoms with Crippen LogP contribution in [0, 0.1) is 5.92 Å². The molecule has 0 aliphatic carbocycles. The van der Waals surface area contributed by atoms with Crippen LogP contribution in [0.4, 0.5) is 5.82 Å². The van der Waals surface area contributed by atoms with Crippen molar-refractivity contribution in [2.75, 3.05) is 58.4 Å². The van der Waals surface area contributed by atoms with Gasteiger partial charge in [-0.3, -0.25) is 9.69 Å². The topological polar surface area (TPSA) is 61.8 Å². The van der Waals surface area contributed by atoms with Crippen molar-refractivity contribution in [1.82, 2.24) is 19.8 Å². The fourth-order valence-corrected chi connectivity index (χ4v) is 3.62. The van der Waals surface area contributed by atoms with Crippen molar-refractivity contribution in [3.8, 4) is 0 Å². The van der Waals surface area contributed by atoms with Crippen molar-refractivity contribution in [3.05, 3.63) is 18.6 Å². The fraction of sp³-hybridized carbons (Fsp3) is 0.706. The second-order valence-corrected chi connectivity index (χ2v) is 6.78. The Morgan fingerprint density at radius 1 is 1.25 bits per heavy atom. The first-order valence-corrected chi connectivity index (χ1v) is 8.69. The Balaban J connectivity index is 1.77. The van der Waals surface area contributed by atoms with Gasteiger partial charge in [0.1, 0.15) is 12.1 Å². The molecule has 7 nitrogen and oxygen atoms in total. The molecule has 1 atom stereocenters. The van der Waals surface area contributed by atoms with Gasteiger partial charge in [-0.25, -0.2) is 9.97 Å². The molecule has 132 valence electrons. The lowest BCUT2D eigenvalue weighted by molar-refractivity contribution is -0.133. The molecule has 0 saturated carbocycles. The molecular weight excluding hydrogens is 306 g/mol. The standard InChI is InChI=1S/C17H27N5O2/c1-20(2)17(23)14-11-21(15-4-9-24-10-5-15)7-8-22(12-14)16-3-6-18-13-19-16/h3,6,13-15H,4-5,7-12H2,1-2H3/t14-/m0/s1. The molecule has 2 fully saturated rings. The molecule has 2 aliphatic heterocycles. The van der Waals surface area contributed by atoms with Gasteiger partial charge in [-0.05, 0) is 18.9 Å². The number of carbonyl (C=O) groups is 1. The van der Waals surface area contributed by atoms with Gasteiger partial charge in [-0.1, -0.05) is 0 Å². The summed E-state index contributed by atoms with van der Waals surface area (Å²) < 4.78 is 5.50. The van der Waals surface area contributed by atoms with Crippen LogP contribution in [-0.2, 0) is 9.53 Å². The molecule has 7 heteroatoms. The molecule has 0 unspecified atom stereocenters. The highest BCUT2D eigenvalue weighted by molar-refractivity contribution is 5.79. The van der Waals surface area contributed by atoms with E-state index >= 15 is 0 Å². The van der Waals surface area contributed by atoms with Crippen molar-refractivity contribution in [3.63, 3.8) is 0 Å². The molecule has 0 bridgehead atoms. The number of rotatable bonds is 3. The normalized spacial score (nSPS) is 23.8. The van der Waals surface area contributed by atoms with Crippen molar-refractivity contribution in [1.29, 1.82) is 0 Å². The second kappa shape index (κ2) is 7.90. The maximum absolute atomic E-state index is 12.7. The van der Waals surface area contributed by atoms with E-state index in [9.17, 15) is 4.79 Å². The first-order valence-electron chi connectivity index (χ1n) is 8.69. The molecule has 2 saturated heterocycles. The van der Waals surface area contributed by atoms with Crippen molar-refractivity contribution < 1.29 is 9.53 Å². The highest BCUT2D eigenvalue weighted by Gasteiger charge is 2.32. The molecule has 1 aromatic heterocycles. The fourth-order valence-electron chi connectivity index (χ4n) is 3.62. The molecule has 0 spiro atoms. The highest BCUT2D eigenvalue weighted by Crippen LogP contribution is 2.22. The van der Waals surface area contributed by atoms with Crippen LogP contribution in [0.1, 0.15) is 12.8 Å². The smallest absolute Gasteiger partial charge is 0.228 e. The van der Waals surface area contributed by atoms with E-state index in [0.717, 1.165) is 51.5 Å². The number of hydrogen-bond acceptors (Lipinski definition) is 6. The van der Waals surface area contributed by atoms with Crippen molar-refractivity contribution >= 4 is 11.7 Å². The number of nitrogens with zero attached hydrogens (tertiary/aromatic N) is 5. The zero-order valence-corrected chi connectivity index (χ0v) is 14.6. The third-order valence-corrected chi connectivity index (χ3v) is 4.94. The third-order valence-electron chi connectivity index (χ3n) is 4.94. The van der Waals surface area contributed by atoms with Gasteiger partial charge < -0.3 is 14.5 Å². The predicted molar refractivity (Wildman–Crippen MR) is 91.8 cm³/mol. The third kappa shape index (κ3) is 4.02. The summed E-state index contributed by atoms with van der Waals surface area (Å²) in [6.07, 6.45) is 5.43. The van der Waals surface area contributed by atoms with Gasteiger partial charge >= 0.3 is 0 Å². The number of aromatic nitrogens is 2. The number of carbonyl (C=O) groups excluding carboxylic acids is 1. The number of amides is 1. The van der Waals surface area contributed by atoms with Crippen LogP contribution in [-0.4, -0.2) is 85.2 Å². The van der Waals surface area contributed by atoms with Gasteiger partial charge in [-0.15, -0.1) is 0 Å². The summed E-state index contributed by atoms with van der Waals surface area (Å²) in [7, 11) is 3.67. The van der Waals surface area contributed by atoms with E-state index in [1.807, 2.05) is 20.2 Å². The SMILES string of the molecule is CN(C)C(=O)[C@@H]1CN(c2ccncn2)CCN(C2CCOCC2)C1. The van der Waals surface area contributed by atoms with Gasteiger partial charge in [-0.2, -0.15) is 0 Å². The van der Waals surface area contributed by atoms with Crippen LogP contribution in [0.5, 0.6) is 0 Å². The lowest BCUT2D eigenvalue weighted by atomic mass is 10.0. The highest BCUT2D eigenvalue weighted by atomic mass is 16.5. The predicted octanol–water partition coefficient (Wildman–Crippen LogP) is 0.482. The van der Waals surface area contributed by atoms with Crippen LogP contribution in [0.2, 0.25) is 0 Å². The van der Waals surface area contributed by atoms with E-state index < -0.39 is 0 Å². The monoisotopic (exact) mass is 333 g/mol. The van der Waals surface area contributed by atoms with Gasteiger partial charge in [0.25, 0.3) is 0 Å². The van der Waals surface area contributed by atoms with Crippen LogP contribution >= 0.6 is 0 Å². The molecule has 1 aromatic rings. The molecule has 0 radical (unpaired) electrons. The summed E-state index contributed by atoms with van der Waals surface area (Å²) in [6, 6.07) is 2.43. The largest absolute Gasteiger partial charge is 0.381 e. The summed E-state index contributed by atoms with van der Waals surface area (Å²) >= 11 is 0. The molecule has 0 N–H and O–H groups in total. The van der Waals surface area contributed by atoms with E-state index in [-0.39, 0.29) is 11.8 Å². The lowest BCUT2D eigenvalue weighted by Gasteiger charge is -2.34. The van der Waals surface area contributed by atoms with Gasteiger partial charge in [0.15, 0.2) is 0 Å². The van der Waals surface area contributed by atoms with E-state index in [4.69, 9.17) is 4.74 Å². The molecule has 3 rings (SSSR count). The molecule has 1 amide bonds. The number of hydrogen-bond donors (Lipinski definition) is 0. The zero-order chi connectivity index (χ0) is 16.9. The van der Waals surface area contributed by atoms with Crippen LogP contribution < -0.4 is 4.90 Å². The maximum atomic E-state index is 12.7. The Bertz CT molecular complexity index is 533. The summed E-state index contributed by atoms with van der Waals surface area (Å²) in [6.45, 7) is 4.99. The number of anilines is 1. The molecule has 0 aromatic carbocycles. The Morgan fingerprint density at radius 2 is 2.04 bits per heavy atom. The van der Waals surface area contributed by atoms with E-state index in [0.29, 0.717) is 12.6 Å². The van der Waals surface area contributed by atoms with Crippen LogP contribution in [0.25, 0.3) is 0 Å². The molecule has 24 heavy (non-hydrogen) atoms. The minimum absolute atomic E-state index is 0.0414. The van der Waals surface area contributed by atoms with Crippen molar-refractivity contribution in [2.45, 2.75) is 18.9 Å². The Morgan fingerprint density at radius 3 is 2.71 bits per heavy atom. The summed E-state index contributed by atoms with van der Waals surface area (Å²) in [5, 5.41) is 0. The Hall–Kier alpha value is -1.73. The number of ether oxygens (including phenoxy) is 1. The summed E-state index contributed by atoms with van der Waals surface area (Å²) in [4.78, 5) is 27.4. The summed E-state index contributed by atoms with van der Waals surface area (Å²) in [5.41, 5.74) is 0. The molecule has 2 aliphatic rings. The average Bonchev–Trinajstić information content (AvgIpc) is 2.86. The first kappa shape index (κ1) is 17.1. The van der Waals surface area contributed by atoms with E-state index in [1.165, 1.54) is 0 Å². The van der Waals surface area contributed by atoms with Crippen molar-refractivity contribution in [2.24, 2.45) is 5.92 Å². The Labute approximate surface area is 143 Å².